The molecular weight excluding hydrogens is 330 g/mol. The Morgan fingerprint density at radius 3 is 2.52 bits per heavy atom. The maximum absolute atomic E-state index is 13.7. The third kappa shape index (κ3) is 3.53. The van der Waals surface area contributed by atoms with Crippen LogP contribution < -0.4 is 0 Å². The van der Waals surface area contributed by atoms with E-state index in [2.05, 4.69) is 4.98 Å². The average molecular weight is 337 g/mol. The van der Waals surface area contributed by atoms with Crippen molar-refractivity contribution in [3.05, 3.63) is 40.2 Å². The Morgan fingerprint density at radius 2 is 2.05 bits per heavy atom. The largest absolute Gasteiger partial charge is 0.477 e. The van der Waals surface area contributed by atoms with Crippen LogP contribution in [0.25, 0.3) is 0 Å². The fourth-order valence-corrected chi connectivity index (χ4v) is 3.45. The predicted octanol–water partition coefficient (Wildman–Crippen LogP) is 4.46. The molecule has 3 nitrogen and oxygen atoms in total. The first kappa shape index (κ1) is 15.8. The Labute approximate surface area is 124 Å². The number of hydrogen-bond donors (Lipinski definition) is 1. The molecule has 0 aliphatic heterocycles. The van der Waals surface area contributed by atoms with Gasteiger partial charge in [0.05, 0.1) is 16.2 Å². The monoisotopic (exact) mass is 337 g/mol. The molecule has 9 heteroatoms. The topological polar surface area (TPSA) is 50.2 Å². The van der Waals surface area contributed by atoms with E-state index in [0.29, 0.717) is 6.07 Å². The number of halogens is 4. The van der Waals surface area contributed by atoms with E-state index in [1.165, 1.54) is 6.92 Å². The molecule has 0 saturated carbocycles. The summed E-state index contributed by atoms with van der Waals surface area (Å²) in [5.41, 5.74) is -0.798. The van der Waals surface area contributed by atoms with E-state index in [1.54, 1.807) is 0 Å². The van der Waals surface area contributed by atoms with E-state index < -0.39 is 23.5 Å². The Balaban J connectivity index is 2.28. The van der Waals surface area contributed by atoms with Crippen LogP contribution in [-0.2, 0) is 6.18 Å². The number of carboxylic acids is 1. The summed E-state index contributed by atoms with van der Waals surface area (Å²) in [7, 11) is 0. The van der Waals surface area contributed by atoms with Crippen LogP contribution >= 0.6 is 23.1 Å². The van der Waals surface area contributed by atoms with Gasteiger partial charge in [0.15, 0.2) is 4.34 Å². The molecule has 0 aliphatic carbocycles. The van der Waals surface area contributed by atoms with Gasteiger partial charge in [-0.1, -0.05) is 11.8 Å². The Hall–Kier alpha value is -1.61. The fourth-order valence-electron chi connectivity index (χ4n) is 1.47. The van der Waals surface area contributed by atoms with Gasteiger partial charge in [0, 0.05) is 0 Å². The summed E-state index contributed by atoms with van der Waals surface area (Å²) in [6.07, 6.45) is -4.61. The molecule has 1 heterocycles. The Bertz CT molecular complexity index is 697. The van der Waals surface area contributed by atoms with Crippen molar-refractivity contribution in [2.75, 3.05) is 0 Å². The standard InChI is InChI=1S/C12H7F4NO2S2/c1-5-9(10(18)19)21-11(17-5)20-8-3-2-6(4-7(8)13)12(14,15)16/h2-4H,1H3,(H,18,19). The van der Waals surface area contributed by atoms with Crippen molar-refractivity contribution in [1.82, 2.24) is 4.98 Å². The van der Waals surface area contributed by atoms with E-state index in [9.17, 15) is 22.4 Å². The van der Waals surface area contributed by atoms with Gasteiger partial charge in [0.2, 0.25) is 0 Å². The van der Waals surface area contributed by atoms with Gasteiger partial charge in [0.25, 0.3) is 0 Å². The van der Waals surface area contributed by atoms with Crippen molar-refractivity contribution in [2.45, 2.75) is 22.3 Å². The first-order valence-corrected chi connectivity index (χ1v) is 7.07. The molecule has 1 N–H and O–H groups in total. The van der Waals surface area contributed by atoms with Crippen LogP contribution in [0.15, 0.2) is 27.4 Å². The number of rotatable bonds is 3. The van der Waals surface area contributed by atoms with Gasteiger partial charge in [0.1, 0.15) is 10.7 Å². The highest BCUT2D eigenvalue weighted by Crippen LogP contribution is 2.37. The maximum atomic E-state index is 13.7. The highest BCUT2D eigenvalue weighted by atomic mass is 32.2. The highest BCUT2D eigenvalue weighted by Gasteiger charge is 2.31. The van der Waals surface area contributed by atoms with E-state index >= 15 is 0 Å². The van der Waals surface area contributed by atoms with E-state index in [1.807, 2.05) is 0 Å². The quantitative estimate of drug-likeness (QED) is 0.840. The summed E-state index contributed by atoms with van der Waals surface area (Å²) < 4.78 is 51.2. The third-order valence-electron chi connectivity index (χ3n) is 2.43. The molecule has 0 unspecified atom stereocenters. The second-order valence-corrected chi connectivity index (χ2v) is 6.23. The number of nitrogens with zero attached hydrogens (tertiary/aromatic N) is 1. The minimum absolute atomic E-state index is 0.0184. The van der Waals surface area contributed by atoms with Crippen LogP contribution in [0.3, 0.4) is 0 Å². The number of alkyl halides is 3. The third-order valence-corrected chi connectivity index (χ3v) is 4.68. The van der Waals surface area contributed by atoms with E-state index in [0.717, 1.165) is 35.2 Å². The first-order chi connectivity index (χ1) is 9.68. The number of carbonyl (C=O) groups is 1. The molecule has 0 amide bonds. The lowest BCUT2D eigenvalue weighted by molar-refractivity contribution is -0.137. The zero-order valence-corrected chi connectivity index (χ0v) is 12.0. The minimum Gasteiger partial charge on any atom is -0.477 e. The van der Waals surface area contributed by atoms with Crippen LogP contribution in [0.4, 0.5) is 17.6 Å². The molecule has 2 rings (SSSR count). The molecule has 0 atom stereocenters. The number of hydrogen-bond acceptors (Lipinski definition) is 4. The van der Waals surface area contributed by atoms with Gasteiger partial charge in [-0.25, -0.2) is 14.2 Å². The number of benzene rings is 1. The molecule has 2 aromatic rings. The molecule has 112 valence electrons. The van der Waals surface area contributed by atoms with Crippen molar-refractivity contribution in [2.24, 2.45) is 0 Å². The SMILES string of the molecule is Cc1nc(Sc2ccc(C(F)(F)F)cc2F)sc1C(=O)O. The summed E-state index contributed by atoms with van der Waals surface area (Å²) in [6, 6.07) is 2.17. The zero-order valence-electron chi connectivity index (χ0n) is 10.4. The molecular formula is C12H7F4NO2S2. The normalized spacial score (nSPS) is 11.7. The molecule has 21 heavy (non-hydrogen) atoms. The average Bonchev–Trinajstić information content (AvgIpc) is 2.71. The summed E-state index contributed by atoms with van der Waals surface area (Å²) in [4.78, 5) is 14.8. The number of aromatic carboxylic acids is 1. The molecule has 0 aliphatic rings. The van der Waals surface area contributed by atoms with E-state index in [4.69, 9.17) is 5.11 Å². The molecule has 0 fully saturated rings. The zero-order chi connectivity index (χ0) is 15.8. The van der Waals surface area contributed by atoms with Crippen molar-refractivity contribution in [1.29, 1.82) is 0 Å². The van der Waals surface area contributed by atoms with Crippen molar-refractivity contribution < 1.29 is 27.5 Å². The fraction of sp³-hybridized carbons (Fsp3) is 0.167. The second kappa shape index (κ2) is 5.64. The lowest BCUT2D eigenvalue weighted by Crippen LogP contribution is -2.05. The molecule has 0 radical (unpaired) electrons. The highest BCUT2D eigenvalue weighted by molar-refractivity contribution is 8.01. The van der Waals surface area contributed by atoms with E-state index in [-0.39, 0.29) is 19.8 Å². The summed E-state index contributed by atoms with van der Waals surface area (Å²) in [5.74, 6) is -2.18. The molecule has 0 spiro atoms. The van der Waals surface area contributed by atoms with Crippen LogP contribution in [0.5, 0.6) is 0 Å². The number of aromatic nitrogens is 1. The number of aryl methyl sites for hydroxylation is 1. The van der Waals surface area contributed by atoms with Crippen molar-refractivity contribution in [3.63, 3.8) is 0 Å². The van der Waals surface area contributed by atoms with Crippen molar-refractivity contribution in [3.8, 4) is 0 Å². The van der Waals surface area contributed by atoms with Crippen LogP contribution in [0.2, 0.25) is 0 Å². The van der Waals surface area contributed by atoms with Gasteiger partial charge in [-0.05, 0) is 25.1 Å². The summed E-state index contributed by atoms with van der Waals surface area (Å²) in [5, 5.41) is 8.89. The maximum Gasteiger partial charge on any atom is 0.416 e. The van der Waals surface area contributed by atoms with Crippen LogP contribution in [0, 0.1) is 12.7 Å². The summed E-state index contributed by atoms with van der Waals surface area (Å²) in [6.45, 7) is 1.49. The lowest BCUT2D eigenvalue weighted by Gasteiger charge is -2.07. The van der Waals surface area contributed by atoms with Gasteiger partial charge in [-0.15, -0.1) is 11.3 Å². The number of thiazole rings is 1. The van der Waals surface area contributed by atoms with Gasteiger partial charge >= 0.3 is 12.1 Å². The van der Waals surface area contributed by atoms with Crippen molar-refractivity contribution >= 4 is 29.1 Å². The van der Waals surface area contributed by atoms with Crippen LogP contribution in [0.1, 0.15) is 20.9 Å². The minimum atomic E-state index is -4.61. The smallest absolute Gasteiger partial charge is 0.416 e. The Kier molecular flexibility index (Phi) is 4.24. The first-order valence-electron chi connectivity index (χ1n) is 5.44. The number of carboxylic acid groups (broad SMARTS) is 1. The van der Waals surface area contributed by atoms with Gasteiger partial charge < -0.3 is 5.11 Å². The molecule has 0 bridgehead atoms. The molecule has 1 aromatic heterocycles. The van der Waals surface area contributed by atoms with Gasteiger partial charge in [-0.2, -0.15) is 13.2 Å². The molecule has 1 aromatic carbocycles. The van der Waals surface area contributed by atoms with Crippen LogP contribution in [-0.4, -0.2) is 16.1 Å². The second-order valence-electron chi connectivity index (χ2n) is 3.94. The summed E-state index contributed by atoms with van der Waals surface area (Å²) >= 11 is 1.63. The Morgan fingerprint density at radius 1 is 1.38 bits per heavy atom. The molecule has 0 saturated heterocycles. The lowest BCUT2D eigenvalue weighted by atomic mass is 10.2. The van der Waals surface area contributed by atoms with Gasteiger partial charge in [-0.3, -0.25) is 0 Å². The predicted molar refractivity (Wildman–Crippen MR) is 69.3 cm³/mol.